The van der Waals surface area contributed by atoms with E-state index in [1.807, 2.05) is 39.8 Å². The minimum atomic E-state index is 0.0659. The first kappa shape index (κ1) is 39.0. The number of fused-ring (bicyclic) bond motifs is 1. The van der Waals surface area contributed by atoms with Crippen molar-refractivity contribution in [2.45, 2.75) is 115 Å². The fraction of sp³-hybridized carbons (Fsp3) is 0.556. The van der Waals surface area contributed by atoms with Gasteiger partial charge >= 0.3 is 0 Å². The van der Waals surface area contributed by atoms with E-state index in [1.54, 1.807) is 28.9 Å². The molecule has 39 heavy (non-hydrogen) atoms. The summed E-state index contributed by atoms with van der Waals surface area (Å²) in [5.74, 6) is 1.65. The van der Waals surface area contributed by atoms with E-state index in [-0.39, 0.29) is 5.17 Å². The SMILES string of the molecule is C/C=C(C)\C=C/C(=N)Cl.C=Cc1cc2c(c(C)c1/C=C(\C)C1CC1)CC(C)C2.CC.CC=O.CCC(C)(C)C. The van der Waals surface area contributed by atoms with Gasteiger partial charge in [0.05, 0.1) is 0 Å². The van der Waals surface area contributed by atoms with Crippen LogP contribution in [-0.2, 0) is 17.6 Å². The molecular formula is C36H58ClNO. The standard InChI is InChI=1S/C19H24.C7H10ClN.C6H14.C2H4O.C2H6/c1-5-15-11-17-8-12(2)9-18(17)14(4)19(15)10-13(3)16-6-7-16;1-3-6(2)4-5-7(8)9;1-5-6(2,3)4;1-2-3;1-2/h5,10-12,16H,1,6-9H2,2-4H3;3-5,9H,1-2H3;5H2,1-4H3;2H,1H3;1-2H3/b13-10+;5-4-,6-3-,9-7?;;;. The Hall–Kier alpha value is -2.19. The average Bonchev–Trinajstić information content (AvgIpc) is 3.67. The van der Waals surface area contributed by atoms with Crippen LogP contribution in [0, 0.1) is 29.6 Å². The van der Waals surface area contributed by atoms with Crippen LogP contribution in [-0.4, -0.2) is 11.5 Å². The number of rotatable bonds is 5. The van der Waals surface area contributed by atoms with Crippen LogP contribution in [0.4, 0.5) is 0 Å². The maximum absolute atomic E-state index is 8.81. The number of halogens is 1. The minimum Gasteiger partial charge on any atom is -0.304 e. The Morgan fingerprint density at radius 3 is 2.03 bits per heavy atom. The molecule has 0 heterocycles. The number of hydrogen-bond acceptors (Lipinski definition) is 2. The lowest BCUT2D eigenvalue weighted by atomic mass is 9.92. The highest BCUT2D eigenvalue weighted by atomic mass is 35.5. The largest absolute Gasteiger partial charge is 0.304 e. The van der Waals surface area contributed by atoms with Crippen molar-refractivity contribution in [1.29, 1.82) is 5.41 Å². The summed E-state index contributed by atoms with van der Waals surface area (Å²) in [6, 6.07) is 2.38. The van der Waals surface area contributed by atoms with Crippen molar-refractivity contribution in [3.05, 3.63) is 69.8 Å². The van der Waals surface area contributed by atoms with Gasteiger partial charge < -0.3 is 4.79 Å². The van der Waals surface area contributed by atoms with Crippen molar-refractivity contribution in [2.24, 2.45) is 17.3 Å². The molecule has 1 fully saturated rings. The van der Waals surface area contributed by atoms with E-state index in [0.29, 0.717) is 5.41 Å². The van der Waals surface area contributed by atoms with Gasteiger partial charge in [0.2, 0.25) is 0 Å². The van der Waals surface area contributed by atoms with Gasteiger partial charge in [0, 0.05) is 0 Å². The van der Waals surface area contributed by atoms with Gasteiger partial charge in [-0.25, -0.2) is 0 Å². The molecule has 1 atom stereocenters. The van der Waals surface area contributed by atoms with E-state index in [9.17, 15) is 0 Å². The molecule has 2 nitrogen and oxygen atoms in total. The van der Waals surface area contributed by atoms with Gasteiger partial charge in [-0.1, -0.05) is 115 Å². The molecule has 220 valence electrons. The zero-order chi connectivity index (χ0) is 30.8. The van der Waals surface area contributed by atoms with Crippen LogP contribution >= 0.6 is 11.6 Å². The quantitative estimate of drug-likeness (QED) is 0.219. The Morgan fingerprint density at radius 1 is 1.13 bits per heavy atom. The number of hydrogen-bond donors (Lipinski definition) is 1. The van der Waals surface area contributed by atoms with Crippen LogP contribution in [0.3, 0.4) is 0 Å². The van der Waals surface area contributed by atoms with E-state index in [2.05, 4.69) is 67.2 Å². The second-order valence-corrected chi connectivity index (χ2v) is 11.8. The number of aldehydes is 1. The van der Waals surface area contributed by atoms with Crippen molar-refractivity contribution >= 4 is 35.2 Å². The second-order valence-electron chi connectivity index (χ2n) is 11.4. The number of benzene rings is 1. The first-order valence-electron chi connectivity index (χ1n) is 14.6. The zero-order valence-corrected chi connectivity index (χ0v) is 28.0. The molecule has 0 bridgehead atoms. The highest BCUT2D eigenvalue weighted by Gasteiger charge is 2.25. The molecule has 1 aromatic carbocycles. The van der Waals surface area contributed by atoms with Crippen LogP contribution in [0.1, 0.15) is 123 Å². The highest BCUT2D eigenvalue weighted by Crippen LogP contribution is 2.39. The Kier molecular flexibility index (Phi) is 20.7. The van der Waals surface area contributed by atoms with Crippen LogP contribution in [0.25, 0.3) is 12.2 Å². The fourth-order valence-corrected chi connectivity index (χ4v) is 3.84. The summed E-state index contributed by atoms with van der Waals surface area (Å²) in [5, 5.41) is 6.88. The van der Waals surface area contributed by atoms with Crippen molar-refractivity contribution in [3.8, 4) is 0 Å². The van der Waals surface area contributed by atoms with E-state index < -0.39 is 0 Å². The highest BCUT2D eigenvalue weighted by molar-refractivity contribution is 6.67. The molecule has 1 unspecified atom stereocenters. The lowest BCUT2D eigenvalue weighted by Crippen LogP contribution is -2.00. The summed E-state index contributed by atoms with van der Waals surface area (Å²) >= 11 is 5.25. The number of nitrogens with one attached hydrogen (secondary N) is 1. The van der Waals surface area contributed by atoms with Crippen molar-refractivity contribution < 1.29 is 4.79 Å². The van der Waals surface area contributed by atoms with Gasteiger partial charge in [0.1, 0.15) is 11.5 Å². The van der Waals surface area contributed by atoms with Gasteiger partial charge in [-0.2, -0.15) is 0 Å². The maximum Gasteiger partial charge on any atom is 0.120 e. The van der Waals surface area contributed by atoms with E-state index >= 15 is 0 Å². The van der Waals surface area contributed by atoms with Crippen LogP contribution in [0.15, 0.2) is 42.0 Å². The van der Waals surface area contributed by atoms with Gasteiger partial charge in [-0.3, -0.25) is 5.41 Å². The number of allylic oxidation sites excluding steroid dienone is 5. The van der Waals surface area contributed by atoms with Crippen LogP contribution < -0.4 is 0 Å². The Morgan fingerprint density at radius 2 is 1.64 bits per heavy atom. The summed E-state index contributed by atoms with van der Waals surface area (Å²) in [6.07, 6.45) is 17.0. The number of carbonyl (C=O) groups is 1. The van der Waals surface area contributed by atoms with Crippen LogP contribution in [0.5, 0.6) is 0 Å². The third-order valence-corrected chi connectivity index (χ3v) is 6.95. The second kappa shape index (κ2) is 20.7. The molecule has 0 radical (unpaired) electrons. The third kappa shape index (κ3) is 17.2. The lowest BCUT2D eigenvalue weighted by Gasteiger charge is -2.13. The molecule has 0 aromatic heterocycles. The number of carbonyl (C=O) groups excluding carboxylic acids is 1. The molecule has 1 saturated carbocycles. The molecule has 0 saturated heterocycles. The monoisotopic (exact) mass is 555 g/mol. The van der Waals surface area contributed by atoms with Gasteiger partial charge in [0.15, 0.2) is 0 Å². The Balaban J connectivity index is 0. The van der Waals surface area contributed by atoms with Crippen molar-refractivity contribution in [1.82, 2.24) is 0 Å². The van der Waals surface area contributed by atoms with E-state index in [1.165, 1.54) is 55.7 Å². The predicted octanol–water partition coefficient (Wildman–Crippen LogP) is 11.6. The molecule has 0 aliphatic heterocycles. The maximum atomic E-state index is 8.81. The van der Waals surface area contributed by atoms with Gasteiger partial charge in [-0.15, -0.1) is 0 Å². The van der Waals surface area contributed by atoms with E-state index in [4.69, 9.17) is 21.8 Å². The van der Waals surface area contributed by atoms with Crippen LogP contribution in [0.2, 0.25) is 0 Å². The Labute approximate surface area is 247 Å². The van der Waals surface area contributed by atoms with Gasteiger partial charge in [-0.05, 0) is 111 Å². The third-order valence-electron chi connectivity index (χ3n) is 6.83. The van der Waals surface area contributed by atoms with Crippen molar-refractivity contribution in [2.75, 3.05) is 0 Å². The van der Waals surface area contributed by atoms with Gasteiger partial charge in [0.25, 0.3) is 0 Å². The molecule has 1 N–H and O–H groups in total. The normalized spacial score (nSPS) is 16.2. The molecule has 2 aliphatic rings. The first-order chi connectivity index (χ1) is 18.2. The first-order valence-corrected chi connectivity index (χ1v) is 15.0. The summed E-state index contributed by atoms with van der Waals surface area (Å²) in [7, 11) is 0. The average molecular weight is 556 g/mol. The summed E-state index contributed by atoms with van der Waals surface area (Å²) in [6.45, 7) is 29.2. The zero-order valence-electron chi connectivity index (χ0n) is 27.2. The topological polar surface area (TPSA) is 40.9 Å². The summed E-state index contributed by atoms with van der Waals surface area (Å²) in [4.78, 5) is 8.81. The smallest absolute Gasteiger partial charge is 0.120 e. The molecule has 0 amide bonds. The molecule has 3 heteroatoms. The fourth-order valence-electron chi connectivity index (χ4n) is 3.78. The lowest BCUT2D eigenvalue weighted by molar-refractivity contribution is -0.106. The predicted molar refractivity (Wildman–Crippen MR) is 179 cm³/mol. The summed E-state index contributed by atoms with van der Waals surface area (Å²) in [5.41, 5.74) is 10.6. The molecule has 2 aliphatic carbocycles. The van der Waals surface area contributed by atoms with E-state index in [0.717, 1.165) is 23.7 Å². The van der Waals surface area contributed by atoms with Crippen molar-refractivity contribution in [3.63, 3.8) is 0 Å². The molecule has 0 spiro atoms. The Bertz CT molecular complexity index is 984. The molecular weight excluding hydrogens is 498 g/mol. The summed E-state index contributed by atoms with van der Waals surface area (Å²) < 4.78 is 0. The minimum absolute atomic E-state index is 0.0659. The molecule has 1 aromatic rings. The molecule has 3 rings (SSSR count).